The van der Waals surface area contributed by atoms with Gasteiger partial charge in [-0.2, -0.15) is 0 Å². The van der Waals surface area contributed by atoms with Crippen LogP contribution in [0.15, 0.2) is 18.5 Å². The molecule has 0 saturated heterocycles. The number of aryl methyl sites for hydroxylation is 2. The number of methoxy groups -OCH3 is 1. The van der Waals surface area contributed by atoms with Crippen molar-refractivity contribution in [3.63, 3.8) is 0 Å². The van der Waals surface area contributed by atoms with Crippen LogP contribution in [-0.2, 0) is 11.3 Å². The third-order valence-electron chi connectivity index (χ3n) is 2.75. The molecular formula is C13H15N3O2S. The number of anilines is 1. The largest absolute Gasteiger partial charge is 0.464 e. The molecule has 19 heavy (non-hydrogen) atoms. The van der Waals surface area contributed by atoms with Gasteiger partial charge in [-0.05, 0) is 31.0 Å². The third kappa shape index (κ3) is 3.08. The number of carbonyl (C=O) groups is 1. The second-order valence-electron chi connectivity index (χ2n) is 4.07. The van der Waals surface area contributed by atoms with Crippen LogP contribution in [0, 0.1) is 13.8 Å². The van der Waals surface area contributed by atoms with Gasteiger partial charge < -0.3 is 10.1 Å². The van der Waals surface area contributed by atoms with Crippen molar-refractivity contribution in [1.29, 1.82) is 0 Å². The van der Waals surface area contributed by atoms with Crippen molar-refractivity contribution in [2.24, 2.45) is 0 Å². The molecule has 0 atom stereocenters. The fourth-order valence-electron chi connectivity index (χ4n) is 1.61. The summed E-state index contributed by atoms with van der Waals surface area (Å²) >= 11 is 1.44. The molecule has 0 aliphatic heterocycles. The highest BCUT2D eigenvalue weighted by Gasteiger charge is 2.15. The Bertz CT molecular complexity index is 595. The van der Waals surface area contributed by atoms with Gasteiger partial charge in [-0.25, -0.2) is 9.78 Å². The molecule has 2 aromatic rings. The van der Waals surface area contributed by atoms with Crippen LogP contribution in [0.4, 0.5) is 5.13 Å². The van der Waals surface area contributed by atoms with Crippen molar-refractivity contribution in [3.05, 3.63) is 40.2 Å². The highest BCUT2D eigenvalue weighted by atomic mass is 32.1. The summed E-state index contributed by atoms with van der Waals surface area (Å²) in [6, 6.07) is 1.96. The Morgan fingerprint density at radius 2 is 2.26 bits per heavy atom. The number of ether oxygens (including phenoxy) is 1. The molecule has 0 aromatic carbocycles. The lowest BCUT2D eigenvalue weighted by molar-refractivity contribution is 0.0594. The van der Waals surface area contributed by atoms with Crippen molar-refractivity contribution in [2.75, 3.05) is 12.4 Å². The van der Waals surface area contributed by atoms with E-state index in [1.165, 1.54) is 24.0 Å². The Hall–Kier alpha value is -1.95. The average molecular weight is 277 g/mol. The standard InChI is InChI=1S/C13H15N3O2S/c1-8-4-5-14-6-10(8)7-15-13-16-11(9(2)19-13)12(17)18-3/h4-6H,7H2,1-3H3,(H,15,16). The van der Waals surface area contributed by atoms with Crippen molar-refractivity contribution < 1.29 is 9.53 Å². The summed E-state index contributed by atoms with van der Waals surface area (Å²) in [6.45, 7) is 4.52. The van der Waals surface area contributed by atoms with E-state index in [9.17, 15) is 4.79 Å². The van der Waals surface area contributed by atoms with Gasteiger partial charge in [-0.15, -0.1) is 11.3 Å². The number of hydrogen-bond donors (Lipinski definition) is 1. The highest BCUT2D eigenvalue weighted by Crippen LogP contribution is 2.23. The molecule has 0 fully saturated rings. The van der Waals surface area contributed by atoms with Crippen LogP contribution in [0.5, 0.6) is 0 Å². The Balaban J connectivity index is 2.09. The van der Waals surface area contributed by atoms with E-state index in [1.807, 2.05) is 26.1 Å². The Morgan fingerprint density at radius 3 is 2.95 bits per heavy atom. The predicted molar refractivity (Wildman–Crippen MR) is 74.5 cm³/mol. The van der Waals surface area contributed by atoms with Gasteiger partial charge in [0, 0.05) is 23.8 Å². The van der Waals surface area contributed by atoms with E-state index >= 15 is 0 Å². The summed E-state index contributed by atoms with van der Waals surface area (Å²) < 4.78 is 4.68. The van der Waals surface area contributed by atoms with E-state index in [4.69, 9.17) is 0 Å². The van der Waals surface area contributed by atoms with Gasteiger partial charge in [0.05, 0.1) is 7.11 Å². The zero-order valence-corrected chi connectivity index (χ0v) is 11.9. The summed E-state index contributed by atoms with van der Waals surface area (Å²) in [5.74, 6) is -0.403. The van der Waals surface area contributed by atoms with E-state index in [1.54, 1.807) is 6.20 Å². The monoisotopic (exact) mass is 277 g/mol. The lowest BCUT2D eigenvalue weighted by Gasteiger charge is -2.05. The molecule has 0 amide bonds. The van der Waals surface area contributed by atoms with E-state index in [2.05, 4.69) is 20.0 Å². The summed E-state index contributed by atoms with van der Waals surface area (Å²) in [7, 11) is 1.35. The van der Waals surface area contributed by atoms with Gasteiger partial charge in [0.2, 0.25) is 0 Å². The van der Waals surface area contributed by atoms with Crippen molar-refractivity contribution >= 4 is 22.4 Å². The Morgan fingerprint density at radius 1 is 1.47 bits per heavy atom. The van der Waals surface area contributed by atoms with Crippen LogP contribution in [0.1, 0.15) is 26.5 Å². The number of thiazole rings is 1. The number of esters is 1. The smallest absolute Gasteiger partial charge is 0.357 e. The molecule has 0 radical (unpaired) electrons. The fourth-order valence-corrected chi connectivity index (χ4v) is 2.41. The van der Waals surface area contributed by atoms with Crippen LogP contribution in [0.3, 0.4) is 0 Å². The summed E-state index contributed by atoms with van der Waals surface area (Å²) in [4.78, 5) is 20.6. The van der Waals surface area contributed by atoms with Crippen LogP contribution in [-0.4, -0.2) is 23.0 Å². The van der Waals surface area contributed by atoms with Gasteiger partial charge >= 0.3 is 5.97 Å². The maximum atomic E-state index is 11.5. The molecule has 0 aliphatic rings. The number of nitrogens with one attached hydrogen (secondary N) is 1. The van der Waals surface area contributed by atoms with Crippen LogP contribution < -0.4 is 5.32 Å². The van der Waals surface area contributed by atoms with Crippen LogP contribution in [0.2, 0.25) is 0 Å². The Kier molecular flexibility index (Phi) is 4.11. The molecule has 0 aliphatic carbocycles. The first-order valence-corrected chi connectivity index (χ1v) is 6.62. The highest BCUT2D eigenvalue weighted by molar-refractivity contribution is 7.15. The molecule has 0 bridgehead atoms. The van der Waals surface area contributed by atoms with Crippen molar-refractivity contribution in [3.8, 4) is 0 Å². The maximum absolute atomic E-state index is 11.5. The topological polar surface area (TPSA) is 64.1 Å². The minimum Gasteiger partial charge on any atom is -0.464 e. The lowest BCUT2D eigenvalue weighted by Crippen LogP contribution is -2.05. The number of carbonyl (C=O) groups excluding carboxylic acids is 1. The minimum absolute atomic E-state index is 0.373. The molecular weight excluding hydrogens is 262 g/mol. The van der Waals surface area contributed by atoms with Gasteiger partial charge in [0.1, 0.15) is 0 Å². The second kappa shape index (κ2) is 5.79. The summed E-state index contributed by atoms with van der Waals surface area (Å²) in [6.07, 6.45) is 3.59. The lowest BCUT2D eigenvalue weighted by atomic mass is 10.2. The number of rotatable bonds is 4. The molecule has 2 rings (SSSR count). The predicted octanol–water partition coefficient (Wildman–Crippen LogP) is 2.55. The number of nitrogens with zero attached hydrogens (tertiary/aromatic N) is 2. The summed E-state index contributed by atoms with van der Waals surface area (Å²) in [5, 5.41) is 3.91. The van der Waals surface area contributed by atoms with Crippen LogP contribution >= 0.6 is 11.3 Å². The van der Waals surface area contributed by atoms with Crippen molar-refractivity contribution in [1.82, 2.24) is 9.97 Å². The maximum Gasteiger partial charge on any atom is 0.357 e. The van der Waals surface area contributed by atoms with E-state index in [-0.39, 0.29) is 0 Å². The zero-order valence-electron chi connectivity index (χ0n) is 11.1. The number of pyridine rings is 1. The molecule has 1 N–H and O–H groups in total. The van der Waals surface area contributed by atoms with E-state index in [0.29, 0.717) is 17.4 Å². The average Bonchev–Trinajstić information content (AvgIpc) is 2.78. The zero-order chi connectivity index (χ0) is 13.8. The normalized spacial score (nSPS) is 10.3. The SMILES string of the molecule is COC(=O)c1nc(NCc2cnccc2C)sc1C. The number of hydrogen-bond acceptors (Lipinski definition) is 6. The van der Waals surface area contributed by atoms with Crippen LogP contribution in [0.25, 0.3) is 0 Å². The molecule has 5 nitrogen and oxygen atoms in total. The number of aromatic nitrogens is 2. The van der Waals surface area contributed by atoms with Gasteiger partial charge in [0.25, 0.3) is 0 Å². The second-order valence-corrected chi connectivity index (χ2v) is 5.27. The quantitative estimate of drug-likeness (QED) is 0.870. The fraction of sp³-hybridized carbons (Fsp3) is 0.308. The first-order chi connectivity index (χ1) is 9.11. The molecule has 0 spiro atoms. The molecule has 0 saturated carbocycles. The van der Waals surface area contributed by atoms with Gasteiger partial charge in [0.15, 0.2) is 10.8 Å². The Labute approximate surface area is 115 Å². The molecule has 100 valence electrons. The third-order valence-corrected chi connectivity index (χ3v) is 3.68. The summed E-state index contributed by atoms with van der Waals surface area (Å²) in [5.41, 5.74) is 2.65. The first-order valence-electron chi connectivity index (χ1n) is 5.81. The minimum atomic E-state index is -0.403. The van der Waals surface area contributed by atoms with Gasteiger partial charge in [-0.3, -0.25) is 4.98 Å². The molecule has 2 heterocycles. The molecule has 6 heteroatoms. The van der Waals surface area contributed by atoms with E-state index in [0.717, 1.165) is 10.4 Å². The van der Waals surface area contributed by atoms with Crippen molar-refractivity contribution in [2.45, 2.75) is 20.4 Å². The molecule has 0 unspecified atom stereocenters. The molecule has 2 aromatic heterocycles. The van der Waals surface area contributed by atoms with Gasteiger partial charge in [-0.1, -0.05) is 0 Å². The van der Waals surface area contributed by atoms with E-state index < -0.39 is 5.97 Å². The first kappa shape index (κ1) is 13.5.